The van der Waals surface area contributed by atoms with Crippen molar-refractivity contribution in [2.24, 2.45) is 0 Å². The Bertz CT molecular complexity index is 1570. The van der Waals surface area contributed by atoms with E-state index in [0.717, 1.165) is 42.9 Å². The summed E-state index contributed by atoms with van der Waals surface area (Å²) in [5, 5.41) is 0. The minimum Gasteiger partial charge on any atom is -0.494 e. The van der Waals surface area contributed by atoms with Crippen LogP contribution in [0.2, 0.25) is 0 Å². The summed E-state index contributed by atoms with van der Waals surface area (Å²) < 4.78 is 32.5. The normalized spacial score (nSPS) is 12.6. The molecule has 0 atom stereocenters. The van der Waals surface area contributed by atoms with Gasteiger partial charge in [-0.2, -0.15) is 0 Å². The third-order valence-corrected chi connectivity index (χ3v) is 7.85. The highest BCUT2D eigenvalue weighted by Crippen LogP contribution is 2.26. The highest BCUT2D eigenvalue weighted by molar-refractivity contribution is 5.93. The molecule has 1 fully saturated rings. The van der Waals surface area contributed by atoms with Crippen LogP contribution < -0.4 is 14.2 Å². The first-order valence-corrected chi connectivity index (χ1v) is 16.9. The Balaban J connectivity index is 1.10. The first-order valence-electron chi connectivity index (χ1n) is 16.9. The zero-order valence-corrected chi connectivity index (χ0v) is 28.3. The third-order valence-electron chi connectivity index (χ3n) is 7.85. The number of carbonyl (C=O) groups is 4. The molecule has 1 aliphatic carbocycles. The summed E-state index contributed by atoms with van der Waals surface area (Å²) in [5.74, 6) is -0.248. The molecule has 0 spiro atoms. The quantitative estimate of drug-likeness (QED) is 0.0410. The summed E-state index contributed by atoms with van der Waals surface area (Å²) >= 11 is 0. The van der Waals surface area contributed by atoms with Crippen molar-refractivity contribution in [2.75, 3.05) is 26.4 Å². The molecule has 50 heavy (non-hydrogen) atoms. The van der Waals surface area contributed by atoms with Crippen molar-refractivity contribution in [1.29, 1.82) is 0 Å². The van der Waals surface area contributed by atoms with Crippen LogP contribution in [-0.4, -0.2) is 56.4 Å². The van der Waals surface area contributed by atoms with E-state index in [4.69, 9.17) is 28.4 Å². The van der Waals surface area contributed by atoms with Crippen LogP contribution in [0.1, 0.15) is 68.1 Å². The first-order chi connectivity index (χ1) is 24.3. The molecule has 10 heteroatoms. The van der Waals surface area contributed by atoms with Gasteiger partial charge in [0.1, 0.15) is 23.4 Å². The second-order valence-electron chi connectivity index (χ2n) is 11.8. The predicted molar refractivity (Wildman–Crippen MR) is 187 cm³/mol. The minimum absolute atomic E-state index is 0.0533. The maximum absolute atomic E-state index is 12.6. The summed E-state index contributed by atoms with van der Waals surface area (Å²) in [7, 11) is 0. The van der Waals surface area contributed by atoms with Gasteiger partial charge in [0.2, 0.25) is 0 Å². The van der Waals surface area contributed by atoms with Crippen LogP contribution in [-0.2, 0) is 28.6 Å². The van der Waals surface area contributed by atoms with Gasteiger partial charge >= 0.3 is 23.9 Å². The fourth-order valence-electron chi connectivity index (χ4n) is 5.11. The van der Waals surface area contributed by atoms with Gasteiger partial charge in [0.05, 0.1) is 38.4 Å². The fourth-order valence-corrected chi connectivity index (χ4v) is 5.11. The highest BCUT2D eigenvalue weighted by Gasteiger charge is 2.20. The summed E-state index contributed by atoms with van der Waals surface area (Å²) in [4.78, 5) is 47.9. The zero-order chi connectivity index (χ0) is 35.6. The standard InChI is InChI=1S/C40H44O10/c1-3-37(41)47-27-9-26-46-34-20-16-32(17-21-34)40(44)50-36-22-14-31(15-23-36)30-12-18-33(19-13-30)45-24-7-8-25-48-39(43)29(2)28-38(42)49-35-10-5-4-6-11-35/h3,12-23,35H,1-2,4-11,24-28H2. The summed E-state index contributed by atoms with van der Waals surface area (Å²) in [5.41, 5.74) is 2.40. The van der Waals surface area contributed by atoms with E-state index in [1.54, 1.807) is 36.4 Å². The molecule has 4 rings (SSSR count). The van der Waals surface area contributed by atoms with E-state index in [1.807, 2.05) is 36.4 Å². The first kappa shape index (κ1) is 37.4. The van der Waals surface area contributed by atoms with Crippen LogP contribution in [0.5, 0.6) is 17.2 Å². The average Bonchev–Trinajstić information content (AvgIpc) is 3.13. The van der Waals surface area contributed by atoms with Crippen LogP contribution in [0, 0.1) is 0 Å². The van der Waals surface area contributed by atoms with Crippen LogP contribution in [0.25, 0.3) is 11.1 Å². The van der Waals surface area contributed by atoms with Crippen molar-refractivity contribution >= 4 is 23.9 Å². The number of carbonyl (C=O) groups excluding carboxylic acids is 4. The lowest BCUT2D eigenvalue weighted by molar-refractivity contribution is -0.151. The molecule has 3 aromatic rings. The fraction of sp³-hybridized carbons (Fsp3) is 0.350. The van der Waals surface area contributed by atoms with E-state index in [2.05, 4.69) is 13.2 Å². The summed E-state index contributed by atoms with van der Waals surface area (Å²) in [6, 6.07) is 21.5. The largest absolute Gasteiger partial charge is 0.494 e. The zero-order valence-electron chi connectivity index (χ0n) is 28.3. The number of unbranched alkanes of at least 4 members (excludes halogenated alkanes) is 1. The highest BCUT2D eigenvalue weighted by atomic mass is 16.6. The number of hydrogen-bond acceptors (Lipinski definition) is 10. The Morgan fingerprint density at radius 2 is 1.20 bits per heavy atom. The molecular formula is C40H44O10. The van der Waals surface area contributed by atoms with Crippen molar-refractivity contribution in [3.8, 4) is 28.4 Å². The van der Waals surface area contributed by atoms with E-state index in [-0.39, 0.29) is 31.3 Å². The number of benzene rings is 3. The maximum atomic E-state index is 12.6. The van der Waals surface area contributed by atoms with Crippen molar-refractivity contribution in [3.63, 3.8) is 0 Å². The Hall–Kier alpha value is -5.38. The molecule has 0 bridgehead atoms. The van der Waals surface area contributed by atoms with Gasteiger partial charge < -0.3 is 28.4 Å². The number of hydrogen-bond donors (Lipinski definition) is 0. The van der Waals surface area contributed by atoms with Gasteiger partial charge in [-0.3, -0.25) is 4.79 Å². The second kappa shape index (κ2) is 20.2. The number of rotatable bonds is 19. The van der Waals surface area contributed by atoms with E-state index < -0.39 is 23.9 Å². The van der Waals surface area contributed by atoms with Gasteiger partial charge in [-0.1, -0.05) is 43.8 Å². The van der Waals surface area contributed by atoms with Crippen LogP contribution >= 0.6 is 0 Å². The Morgan fingerprint density at radius 1 is 0.660 bits per heavy atom. The molecule has 1 aliphatic rings. The Morgan fingerprint density at radius 3 is 1.82 bits per heavy atom. The average molecular weight is 685 g/mol. The van der Waals surface area contributed by atoms with Gasteiger partial charge in [-0.05, 0) is 98.2 Å². The Labute approximate surface area is 293 Å². The molecule has 0 N–H and O–H groups in total. The van der Waals surface area contributed by atoms with Gasteiger partial charge in [-0.15, -0.1) is 0 Å². The Kier molecular flexibility index (Phi) is 15.1. The second-order valence-corrected chi connectivity index (χ2v) is 11.8. The van der Waals surface area contributed by atoms with E-state index in [0.29, 0.717) is 55.3 Å². The number of esters is 4. The molecule has 264 valence electrons. The number of ether oxygens (including phenoxy) is 6. The van der Waals surface area contributed by atoms with Gasteiger partial charge in [-0.25, -0.2) is 14.4 Å². The summed E-state index contributed by atoms with van der Waals surface area (Å²) in [6.07, 6.45) is 7.77. The molecule has 0 aromatic heterocycles. The summed E-state index contributed by atoms with van der Waals surface area (Å²) in [6.45, 7) is 8.28. The topological polar surface area (TPSA) is 124 Å². The van der Waals surface area contributed by atoms with E-state index >= 15 is 0 Å². The lowest BCUT2D eigenvalue weighted by Gasteiger charge is -2.21. The molecule has 1 saturated carbocycles. The van der Waals surface area contributed by atoms with Gasteiger partial charge in [0.25, 0.3) is 0 Å². The van der Waals surface area contributed by atoms with Crippen molar-refractivity contribution in [1.82, 2.24) is 0 Å². The molecular weight excluding hydrogens is 640 g/mol. The lowest BCUT2D eigenvalue weighted by Crippen LogP contribution is -2.22. The molecule has 0 saturated heterocycles. The molecule has 0 unspecified atom stereocenters. The van der Waals surface area contributed by atoms with Crippen molar-refractivity contribution < 1.29 is 47.6 Å². The molecule has 0 aliphatic heterocycles. The predicted octanol–water partition coefficient (Wildman–Crippen LogP) is 7.60. The smallest absolute Gasteiger partial charge is 0.343 e. The third kappa shape index (κ3) is 12.9. The molecule has 0 radical (unpaired) electrons. The molecule has 10 nitrogen and oxygen atoms in total. The SMILES string of the molecule is C=CC(=O)OCCCOc1ccc(C(=O)Oc2ccc(-c3ccc(OCCCCOC(=O)C(=C)CC(=O)OC4CCCCC4)cc3)cc2)cc1. The van der Waals surface area contributed by atoms with Crippen molar-refractivity contribution in [2.45, 2.75) is 63.9 Å². The monoisotopic (exact) mass is 684 g/mol. The molecule has 0 amide bonds. The van der Waals surface area contributed by atoms with Crippen LogP contribution in [0.4, 0.5) is 0 Å². The minimum atomic E-state index is -0.579. The lowest BCUT2D eigenvalue weighted by atomic mass is 9.98. The van der Waals surface area contributed by atoms with Crippen LogP contribution in [0.15, 0.2) is 97.6 Å². The van der Waals surface area contributed by atoms with Gasteiger partial charge in [0, 0.05) is 18.1 Å². The van der Waals surface area contributed by atoms with E-state index in [1.165, 1.54) is 6.42 Å². The van der Waals surface area contributed by atoms with Crippen LogP contribution in [0.3, 0.4) is 0 Å². The van der Waals surface area contributed by atoms with Crippen molar-refractivity contribution in [3.05, 3.63) is 103 Å². The van der Waals surface area contributed by atoms with E-state index in [9.17, 15) is 19.2 Å². The molecule has 0 heterocycles. The molecule has 3 aromatic carbocycles. The van der Waals surface area contributed by atoms with Gasteiger partial charge in [0.15, 0.2) is 0 Å². The maximum Gasteiger partial charge on any atom is 0.343 e.